The highest BCUT2D eigenvalue weighted by atomic mass is 32.2. The molecule has 2 unspecified atom stereocenters. The van der Waals surface area contributed by atoms with Gasteiger partial charge in [-0.05, 0) is 19.1 Å². The minimum Gasteiger partial charge on any atom is -0.364 e. The molecule has 6 nitrogen and oxygen atoms in total. The van der Waals surface area contributed by atoms with Crippen molar-refractivity contribution >= 4 is 22.6 Å². The molecule has 94 valence electrons. The first-order chi connectivity index (χ1) is 7.90. The summed E-state index contributed by atoms with van der Waals surface area (Å²) in [6.45, 7) is 1.76. The number of aromatic nitrogens is 1. The van der Waals surface area contributed by atoms with E-state index >= 15 is 0 Å². The van der Waals surface area contributed by atoms with Crippen LogP contribution in [0.25, 0.3) is 0 Å². The smallest absolute Gasteiger partial charge is 0.267 e. The second kappa shape index (κ2) is 5.62. The maximum atomic E-state index is 11.7. The van der Waals surface area contributed by atoms with Gasteiger partial charge in [-0.1, -0.05) is 0 Å². The average molecular weight is 257 g/mol. The van der Waals surface area contributed by atoms with E-state index in [-0.39, 0.29) is 23.3 Å². The van der Waals surface area contributed by atoms with Crippen LogP contribution in [0.1, 0.15) is 27.9 Å². The number of carbonyl (C=O) groups is 2. The van der Waals surface area contributed by atoms with Gasteiger partial charge in [-0.15, -0.1) is 0 Å². The van der Waals surface area contributed by atoms with Crippen molar-refractivity contribution in [3.05, 3.63) is 23.5 Å². The summed E-state index contributed by atoms with van der Waals surface area (Å²) in [4.78, 5) is 25.1. The van der Waals surface area contributed by atoms with Crippen molar-refractivity contribution in [1.82, 2.24) is 10.3 Å². The summed E-state index contributed by atoms with van der Waals surface area (Å²) < 4.78 is 11.0. The third-order valence-electron chi connectivity index (χ3n) is 2.06. The van der Waals surface area contributed by atoms with Gasteiger partial charge in [-0.25, -0.2) is 0 Å². The van der Waals surface area contributed by atoms with E-state index in [9.17, 15) is 13.8 Å². The van der Waals surface area contributed by atoms with Crippen LogP contribution in [0.4, 0.5) is 0 Å². The van der Waals surface area contributed by atoms with Gasteiger partial charge in [0.1, 0.15) is 11.4 Å². The normalized spacial score (nSPS) is 14.0. The Hall–Kier alpha value is -1.63. The van der Waals surface area contributed by atoms with Crippen LogP contribution >= 0.6 is 0 Å². The van der Waals surface area contributed by atoms with Gasteiger partial charge < -0.3 is 16.0 Å². The molecule has 0 aliphatic carbocycles. The van der Waals surface area contributed by atoms with Gasteiger partial charge in [0.05, 0.1) is 0 Å². The number of primary amides is 1. The Kier molecular flexibility index (Phi) is 4.45. The zero-order chi connectivity index (χ0) is 13.0. The molecule has 0 saturated carbocycles. The second-order valence-electron chi connectivity index (χ2n) is 3.76. The average Bonchev–Trinajstić information content (AvgIpc) is 2.64. The molecule has 1 aromatic rings. The summed E-state index contributed by atoms with van der Waals surface area (Å²) in [5, 5.41) is 2.66. The Balaban J connectivity index is 2.63. The number of carbonyl (C=O) groups excluding carboxylic acids is 2. The third-order valence-corrected chi connectivity index (χ3v) is 3.03. The van der Waals surface area contributed by atoms with Crippen molar-refractivity contribution in [2.75, 3.05) is 12.0 Å². The third kappa shape index (κ3) is 4.03. The van der Waals surface area contributed by atoms with Crippen LogP contribution in [0.5, 0.6) is 0 Å². The standard InChI is InChI=1S/C10H15N3O3S/c1-6(5-17(2)16)12-10(15)8-4-3-7(13-8)9(11)14/h3-4,6,13H,5H2,1-2H3,(H2,11,14)(H,12,15). The molecule has 1 heterocycles. The lowest BCUT2D eigenvalue weighted by atomic mass is 10.3. The monoisotopic (exact) mass is 257 g/mol. The molecule has 7 heteroatoms. The minimum atomic E-state index is -0.970. The fourth-order valence-electron chi connectivity index (χ4n) is 1.37. The van der Waals surface area contributed by atoms with E-state index in [2.05, 4.69) is 10.3 Å². The molecule has 0 spiro atoms. The lowest BCUT2D eigenvalue weighted by Gasteiger charge is -2.11. The SMILES string of the molecule is CC(CS(C)=O)NC(=O)c1ccc(C(N)=O)[nH]1. The van der Waals surface area contributed by atoms with Crippen LogP contribution in [-0.4, -0.2) is 39.1 Å². The number of hydrogen-bond donors (Lipinski definition) is 3. The molecule has 0 aliphatic rings. The van der Waals surface area contributed by atoms with Crippen LogP contribution in [-0.2, 0) is 10.8 Å². The predicted octanol–water partition coefficient (Wildman–Crippen LogP) is -0.390. The Morgan fingerprint density at radius 1 is 1.47 bits per heavy atom. The van der Waals surface area contributed by atoms with Crippen molar-refractivity contribution in [3.63, 3.8) is 0 Å². The first-order valence-electron chi connectivity index (χ1n) is 5.00. The van der Waals surface area contributed by atoms with Gasteiger partial charge in [-0.3, -0.25) is 13.8 Å². The summed E-state index contributed by atoms with van der Waals surface area (Å²) in [5.74, 6) is -0.586. The molecule has 0 bridgehead atoms. The molecule has 0 aromatic carbocycles. The maximum Gasteiger partial charge on any atom is 0.267 e. The van der Waals surface area contributed by atoms with Crippen molar-refractivity contribution in [2.45, 2.75) is 13.0 Å². The van der Waals surface area contributed by atoms with Crippen molar-refractivity contribution in [1.29, 1.82) is 0 Å². The van der Waals surface area contributed by atoms with Crippen LogP contribution in [0.15, 0.2) is 12.1 Å². The molecule has 1 aromatic heterocycles. The first-order valence-corrected chi connectivity index (χ1v) is 6.72. The van der Waals surface area contributed by atoms with Gasteiger partial charge >= 0.3 is 0 Å². The van der Waals surface area contributed by atoms with Crippen LogP contribution < -0.4 is 11.1 Å². The largest absolute Gasteiger partial charge is 0.364 e. The van der Waals surface area contributed by atoms with E-state index in [4.69, 9.17) is 5.73 Å². The summed E-state index contributed by atoms with van der Waals surface area (Å²) >= 11 is 0. The van der Waals surface area contributed by atoms with E-state index in [0.29, 0.717) is 5.75 Å². The lowest BCUT2D eigenvalue weighted by Crippen LogP contribution is -2.36. The number of rotatable bonds is 5. The van der Waals surface area contributed by atoms with Crippen molar-refractivity contribution in [2.24, 2.45) is 5.73 Å². The fraction of sp³-hybridized carbons (Fsp3) is 0.400. The quantitative estimate of drug-likeness (QED) is 0.669. The Morgan fingerprint density at radius 3 is 2.53 bits per heavy atom. The van der Waals surface area contributed by atoms with E-state index in [1.54, 1.807) is 13.2 Å². The fourth-order valence-corrected chi connectivity index (χ4v) is 2.15. The summed E-state index contributed by atoms with van der Waals surface area (Å²) in [6.07, 6.45) is 1.57. The highest BCUT2D eigenvalue weighted by Crippen LogP contribution is 2.01. The molecule has 4 N–H and O–H groups in total. The molecule has 0 saturated heterocycles. The molecule has 1 rings (SSSR count). The number of nitrogens with two attached hydrogens (primary N) is 1. The molecule has 17 heavy (non-hydrogen) atoms. The Bertz CT molecular complexity index is 455. The molecule has 0 aliphatic heterocycles. The Labute approximate surface area is 101 Å². The maximum absolute atomic E-state index is 11.7. The topological polar surface area (TPSA) is 105 Å². The molecule has 0 radical (unpaired) electrons. The van der Waals surface area contributed by atoms with Crippen molar-refractivity contribution in [3.8, 4) is 0 Å². The summed E-state index contributed by atoms with van der Waals surface area (Å²) in [6, 6.07) is 2.72. The van der Waals surface area contributed by atoms with Crippen LogP contribution in [0, 0.1) is 0 Å². The minimum absolute atomic E-state index is 0.182. The van der Waals surface area contributed by atoms with Crippen LogP contribution in [0.3, 0.4) is 0 Å². The summed E-state index contributed by atoms with van der Waals surface area (Å²) in [5.41, 5.74) is 5.49. The molecular formula is C10H15N3O3S. The molecule has 0 fully saturated rings. The lowest BCUT2D eigenvalue weighted by molar-refractivity contribution is 0.0939. The number of amides is 2. The van der Waals surface area contributed by atoms with E-state index in [1.165, 1.54) is 12.1 Å². The molecule has 2 atom stereocenters. The summed E-state index contributed by atoms with van der Waals surface area (Å²) in [7, 11) is -0.970. The first kappa shape index (κ1) is 13.4. The highest BCUT2D eigenvalue weighted by molar-refractivity contribution is 7.84. The number of H-pyrrole nitrogens is 1. The number of hydrogen-bond acceptors (Lipinski definition) is 3. The number of aromatic amines is 1. The van der Waals surface area contributed by atoms with Crippen LogP contribution in [0.2, 0.25) is 0 Å². The predicted molar refractivity (Wildman–Crippen MR) is 65.2 cm³/mol. The van der Waals surface area contributed by atoms with Gasteiger partial charge in [0.2, 0.25) is 0 Å². The van der Waals surface area contributed by atoms with Gasteiger partial charge in [0, 0.05) is 28.9 Å². The van der Waals surface area contributed by atoms with E-state index < -0.39 is 16.7 Å². The van der Waals surface area contributed by atoms with Crippen molar-refractivity contribution < 1.29 is 13.8 Å². The zero-order valence-electron chi connectivity index (χ0n) is 9.65. The zero-order valence-corrected chi connectivity index (χ0v) is 10.5. The van der Waals surface area contributed by atoms with E-state index in [0.717, 1.165) is 0 Å². The molecule has 2 amide bonds. The number of nitrogens with one attached hydrogen (secondary N) is 2. The Morgan fingerprint density at radius 2 is 2.06 bits per heavy atom. The van der Waals surface area contributed by atoms with Gasteiger partial charge in [0.15, 0.2) is 0 Å². The molecular weight excluding hydrogens is 242 g/mol. The second-order valence-corrected chi connectivity index (χ2v) is 5.24. The van der Waals surface area contributed by atoms with Gasteiger partial charge in [0.25, 0.3) is 11.8 Å². The van der Waals surface area contributed by atoms with Gasteiger partial charge in [-0.2, -0.15) is 0 Å². The van der Waals surface area contributed by atoms with E-state index in [1.807, 2.05) is 0 Å². The highest BCUT2D eigenvalue weighted by Gasteiger charge is 2.13.